The molecule has 6 rings (SSSR count). The van der Waals surface area contributed by atoms with Crippen molar-refractivity contribution in [2.45, 2.75) is 38.0 Å². The number of aromatic nitrogens is 1. The van der Waals surface area contributed by atoms with Crippen molar-refractivity contribution in [1.82, 2.24) is 10.5 Å². The third-order valence-electron chi connectivity index (χ3n) is 6.81. The second-order valence-corrected chi connectivity index (χ2v) is 8.45. The van der Waals surface area contributed by atoms with E-state index in [1.165, 1.54) is 43.9 Å². The van der Waals surface area contributed by atoms with Crippen LogP contribution in [0.2, 0.25) is 0 Å². The number of nitrogens with zero attached hydrogens (tertiary/aromatic N) is 1. The summed E-state index contributed by atoms with van der Waals surface area (Å²) in [4.78, 5) is 15.5. The molecule has 4 fully saturated rings. The SMILES string of the molecule is O=C(NO)c1ccc(Oc2ccc(C3C4CC5CC(C4)CC3C5)cc2)nc1. The maximum Gasteiger partial charge on any atom is 0.276 e. The highest BCUT2D eigenvalue weighted by Gasteiger charge is 2.48. The van der Waals surface area contributed by atoms with Crippen LogP contribution < -0.4 is 10.2 Å². The van der Waals surface area contributed by atoms with Crippen molar-refractivity contribution in [3.63, 3.8) is 0 Å². The third kappa shape index (κ3) is 3.10. The van der Waals surface area contributed by atoms with Gasteiger partial charge in [-0.05, 0) is 85.5 Å². The highest BCUT2D eigenvalue weighted by atomic mass is 16.5. The zero-order valence-electron chi connectivity index (χ0n) is 15.2. The predicted molar refractivity (Wildman–Crippen MR) is 99.8 cm³/mol. The van der Waals surface area contributed by atoms with Crippen LogP contribution in [0.1, 0.15) is 53.9 Å². The fourth-order valence-electron chi connectivity index (χ4n) is 5.99. The van der Waals surface area contributed by atoms with Crippen molar-refractivity contribution in [3.8, 4) is 11.6 Å². The first-order chi connectivity index (χ1) is 13.2. The summed E-state index contributed by atoms with van der Waals surface area (Å²) in [6.07, 6.45) is 8.56. The van der Waals surface area contributed by atoms with Gasteiger partial charge in [0.25, 0.3) is 5.91 Å². The van der Waals surface area contributed by atoms with Gasteiger partial charge in [-0.15, -0.1) is 0 Å². The molecule has 5 heteroatoms. The molecule has 2 N–H and O–H groups in total. The Morgan fingerprint density at radius 1 is 0.963 bits per heavy atom. The standard InChI is InChI=1S/C22H24N2O3/c25-22(24-26)16-3-6-20(23-12-16)27-19-4-1-15(2-5-19)21-17-8-13-7-14(10-17)11-18(21)9-13/h1-6,12-14,17-18,21,26H,7-11H2,(H,24,25). The fourth-order valence-corrected chi connectivity index (χ4v) is 5.99. The Hall–Kier alpha value is -2.40. The molecule has 1 aromatic heterocycles. The van der Waals surface area contributed by atoms with E-state index in [0.717, 1.165) is 35.3 Å². The molecule has 0 radical (unpaired) electrons. The summed E-state index contributed by atoms with van der Waals surface area (Å²) >= 11 is 0. The van der Waals surface area contributed by atoms with E-state index in [1.54, 1.807) is 17.6 Å². The van der Waals surface area contributed by atoms with Gasteiger partial charge in [-0.1, -0.05) is 12.1 Å². The van der Waals surface area contributed by atoms with Crippen LogP contribution in [0.25, 0.3) is 0 Å². The van der Waals surface area contributed by atoms with Gasteiger partial charge in [0.1, 0.15) is 5.75 Å². The Bertz CT molecular complexity index is 804. The molecule has 1 amide bonds. The smallest absolute Gasteiger partial charge is 0.276 e. The second kappa shape index (κ2) is 6.64. The maximum atomic E-state index is 11.3. The number of hydrogen-bond donors (Lipinski definition) is 2. The molecule has 1 heterocycles. The van der Waals surface area contributed by atoms with E-state index in [9.17, 15) is 4.79 Å². The summed E-state index contributed by atoms with van der Waals surface area (Å²) in [6, 6.07) is 11.7. The van der Waals surface area contributed by atoms with Crippen molar-refractivity contribution in [1.29, 1.82) is 0 Å². The van der Waals surface area contributed by atoms with Crippen molar-refractivity contribution < 1.29 is 14.7 Å². The minimum Gasteiger partial charge on any atom is -0.439 e. The van der Waals surface area contributed by atoms with E-state index >= 15 is 0 Å². The molecule has 4 saturated carbocycles. The Morgan fingerprint density at radius 2 is 1.63 bits per heavy atom. The Balaban J connectivity index is 1.29. The molecule has 4 bridgehead atoms. The number of carbonyl (C=O) groups excluding carboxylic acids is 1. The first-order valence-corrected chi connectivity index (χ1v) is 9.88. The number of benzene rings is 1. The molecule has 4 aliphatic carbocycles. The summed E-state index contributed by atoms with van der Waals surface area (Å²) in [6.45, 7) is 0. The van der Waals surface area contributed by atoms with Gasteiger partial charge in [-0.25, -0.2) is 10.5 Å². The van der Waals surface area contributed by atoms with E-state index in [2.05, 4.69) is 17.1 Å². The fraction of sp³-hybridized carbons (Fsp3) is 0.455. The number of pyridine rings is 1. The summed E-state index contributed by atoms with van der Waals surface area (Å²) in [5.74, 6) is 5.04. The molecule has 5 nitrogen and oxygen atoms in total. The number of hydroxylamine groups is 1. The molecule has 1 aromatic carbocycles. The Morgan fingerprint density at radius 3 is 2.19 bits per heavy atom. The Kier molecular flexibility index (Phi) is 4.12. The van der Waals surface area contributed by atoms with Gasteiger partial charge >= 0.3 is 0 Å². The van der Waals surface area contributed by atoms with Gasteiger partial charge in [0.2, 0.25) is 5.88 Å². The van der Waals surface area contributed by atoms with Gasteiger partial charge in [-0.3, -0.25) is 10.0 Å². The lowest BCUT2D eigenvalue weighted by Crippen LogP contribution is -2.43. The second-order valence-electron chi connectivity index (χ2n) is 8.45. The molecule has 0 unspecified atom stereocenters. The van der Waals surface area contributed by atoms with Crippen LogP contribution in [-0.2, 0) is 0 Å². The number of carbonyl (C=O) groups is 1. The lowest BCUT2D eigenvalue weighted by atomic mass is 9.51. The molecular formula is C22H24N2O3. The van der Waals surface area contributed by atoms with E-state index in [4.69, 9.17) is 9.94 Å². The highest BCUT2D eigenvalue weighted by molar-refractivity contribution is 5.92. The molecule has 0 aliphatic heterocycles. The minimum atomic E-state index is -0.589. The molecule has 4 aliphatic rings. The van der Waals surface area contributed by atoms with Crippen LogP contribution in [0.3, 0.4) is 0 Å². The topological polar surface area (TPSA) is 71.5 Å². The predicted octanol–water partition coefficient (Wildman–Crippen LogP) is 4.53. The van der Waals surface area contributed by atoms with E-state index < -0.39 is 5.91 Å². The van der Waals surface area contributed by atoms with E-state index in [1.807, 2.05) is 12.1 Å². The average molecular weight is 364 g/mol. The van der Waals surface area contributed by atoms with Crippen molar-refractivity contribution >= 4 is 5.91 Å². The Labute approximate surface area is 158 Å². The summed E-state index contributed by atoms with van der Waals surface area (Å²) < 4.78 is 5.80. The summed E-state index contributed by atoms with van der Waals surface area (Å²) in [5, 5.41) is 8.64. The average Bonchev–Trinajstić information content (AvgIpc) is 2.68. The minimum absolute atomic E-state index is 0.280. The molecule has 140 valence electrons. The molecule has 0 atom stereocenters. The monoisotopic (exact) mass is 364 g/mol. The van der Waals surface area contributed by atoms with E-state index in [-0.39, 0.29) is 5.56 Å². The molecule has 2 aromatic rings. The maximum absolute atomic E-state index is 11.3. The normalized spacial score (nSPS) is 30.9. The lowest BCUT2D eigenvalue weighted by molar-refractivity contribution is -0.00279. The lowest BCUT2D eigenvalue weighted by Gasteiger charge is -2.54. The van der Waals surface area contributed by atoms with Crippen LogP contribution >= 0.6 is 0 Å². The molecule has 0 saturated heterocycles. The first kappa shape index (κ1) is 16.8. The molecule has 0 spiro atoms. The molecule has 27 heavy (non-hydrogen) atoms. The van der Waals surface area contributed by atoms with Gasteiger partial charge in [0.15, 0.2) is 0 Å². The van der Waals surface area contributed by atoms with Gasteiger partial charge in [0.05, 0.1) is 5.56 Å². The van der Waals surface area contributed by atoms with Crippen molar-refractivity contribution in [2.75, 3.05) is 0 Å². The number of hydrogen-bond acceptors (Lipinski definition) is 4. The first-order valence-electron chi connectivity index (χ1n) is 9.88. The van der Waals surface area contributed by atoms with E-state index in [0.29, 0.717) is 5.88 Å². The number of nitrogens with one attached hydrogen (secondary N) is 1. The van der Waals surface area contributed by atoms with Crippen LogP contribution in [0.4, 0.5) is 0 Å². The van der Waals surface area contributed by atoms with Gasteiger partial charge < -0.3 is 4.74 Å². The van der Waals surface area contributed by atoms with Gasteiger partial charge in [-0.2, -0.15) is 0 Å². The van der Waals surface area contributed by atoms with Crippen LogP contribution in [-0.4, -0.2) is 16.1 Å². The largest absolute Gasteiger partial charge is 0.439 e. The quantitative estimate of drug-likeness (QED) is 0.617. The van der Waals surface area contributed by atoms with Crippen molar-refractivity contribution in [2.24, 2.45) is 23.7 Å². The molecular weight excluding hydrogens is 340 g/mol. The van der Waals surface area contributed by atoms with Crippen molar-refractivity contribution in [3.05, 3.63) is 53.7 Å². The van der Waals surface area contributed by atoms with Gasteiger partial charge in [0, 0.05) is 12.3 Å². The van der Waals surface area contributed by atoms with Crippen LogP contribution in [0, 0.1) is 23.7 Å². The number of ether oxygens (including phenoxy) is 1. The third-order valence-corrected chi connectivity index (χ3v) is 6.81. The number of amides is 1. The summed E-state index contributed by atoms with van der Waals surface area (Å²) in [7, 11) is 0. The number of rotatable bonds is 4. The zero-order chi connectivity index (χ0) is 18.4. The zero-order valence-corrected chi connectivity index (χ0v) is 15.2. The highest BCUT2D eigenvalue weighted by Crippen LogP contribution is 2.59. The summed E-state index contributed by atoms with van der Waals surface area (Å²) in [5.41, 5.74) is 3.33. The van der Waals surface area contributed by atoms with Crippen LogP contribution in [0.5, 0.6) is 11.6 Å². The van der Waals surface area contributed by atoms with Crippen LogP contribution in [0.15, 0.2) is 42.6 Å².